The molecule has 1 aromatic heterocycles. The smallest absolute Gasteiger partial charge is 0.335 e. The summed E-state index contributed by atoms with van der Waals surface area (Å²) in [5.41, 5.74) is 4.30. The number of phenols is 1. The molecule has 4 rings (SSSR count). The highest BCUT2D eigenvalue weighted by molar-refractivity contribution is 5.99. The van der Waals surface area contributed by atoms with Crippen LogP contribution in [0.4, 0.5) is 4.79 Å². The monoisotopic (exact) mass is 1140 g/mol. The Morgan fingerprint density at radius 2 is 1.18 bits per heavy atom. The number of aliphatic hydroxyl groups excluding tert-OH is 5. The summed E-state index contributed by atoms with van der Waals surface area (Å²) >= 11 is 0. The lowest BCUT2D eigenvalue weighted by Gasteiger charge is -2.31. The minimum Gasteiger partial charge on any atom is -0.504 e. The third-order valence-electron chi connectivity index (χ3n) is 12.0. The number of hydrogen-bond donors (Lipinski definition) is 20. The van der Waals surface area contributed by atoms with Gasteiger partial charge in [-0.05, 0) is 44.2 Å². The number of nitrogens with zero attached hydrogens (tertiary/aromatic N) is 2. The molecule has 80 heavy (non-hydrogen) atoms. The second-order valence-corrected chi connectivity index (χ2v) is 17.7. The maximum atomic E-state index is 14.0. The topological polar surface area (TPSA) is 581 Å². The number of nitrogens with two attached hydrogens (primary N) is 1. The van der Waals surface area contributed by atoms with Gasteiger partial charge < -0.3 is 109 Å². The summed E-state index contributed by atoms with van der Waals surface area (Å²) in [5.74, 6) is -16.2. The number of aromatic nitrogens is 3. The van der Waals surface area contributed by atoms with Gasteiger partial charge in [0.25, 0.3) is 0 Å². The number of primary amides is 1. The number of phenolic OH excluding ortho intramolecular Hbond substituents is 1. The van der Waals surface area contributed by atoms with Crippen molar-refractivity contribution in [2.24, 2.45) is 5.73 Å². The van der Waals surface area contributed by atoms with Crippen LogP contribution < -0.4 is 64.7 Å². The summed E-state index contributed by atoms with van der Waals surface area (Å²) in [7, 11) is 0. The van der Waals surface area contributed by atoms with Crippen molar-refractivity contribution in [2.75, 3.05) is 39.5 Å². The van der Waals surface area contributed by atoms with Gasteiger partial charge in [0.15, 0.2) is 17.9 Å². The number of carboxylic acid groups (broad SMARTS) is 3. The number of aliphatic carboxylic acids is 3. The van der Waals surface area contributed by atoms with Crippen molar-refractivity contribution in [3.63, 3.8) is 0 Å². The zero-order chi connectivity index (χ0) is 59.7. The van der Waals surface area contributed by atoms with Gasteiger partial charge in [-0.1, -0.05) is 0 Å². The molecule has 3 heterocycles. The van der Waals surface area contributed by atoms with E-state index in [1.165, 1.54) is 15.2 Å². The molecule has 36 heteroatoms. The molecule has 1 aliphatic carbocycles. The van der Waals surface area contributed by atoms with Crippen LogP contribution in [-0.4, -0.2) is 219 Å². The van der Waals surface area contributed by atoms with E-state index >= 15 is 0 Å². The Bertz CT molecular complexity index is 2940. The van der Waals surface area contributed by atoms with Gasteiger partial charge in [-0.3, -0.25) is 52.5 Å². The fourth-order valence-electron chi connectivity index (χ4n) is 8.08. The third kappa shape index (κ3) is 16.6. The van der Waals surface area contributed by atoms with Crippen LogP contribution in [0, 0.1) is 0 Å². The molecular formula is C44H59N13O23. The number of aromatic hydroxyl groups is 1. The first-order valence-corrected chi connectivity index (χ1v) is 24.0. The van der Waals surface area contributed by atoms with Crippen molar-refractivity contribution in [3.05, 3.63) is 38.9 Å². The van der Waals surface area contributed by atoms with Gasteiger partial charge in [-0.25, -0.2) is 19.2 Å². The highest BCUT2D eigenvalue weighted by Crippen LogP contribution is 2.35. The largest absolute Gasteiger partial charge is 0.504 e. The highest BCUT2D eigenvalue weighted by Gasteiger charge is 2.38. The van der Waals surface area contributed by atoms with E-state index in [1.807, 2.05) is 5.32 Å². The van der Waals surface area contributed by atoms with E-state index in [2.05, 4.69) is 42.2 Å². The molecule has 0 radical (unpaired) electrons. The molecule has 2 unspecified atom stereocenters. The minimum absolute atomic E-state index is 0.0594. The minimum atomic E-state index is -2.60. The molecule has 10 amide bonds. The lowest BCUT2D eigenvalue weighted by Crippen LogP contribution is -2.61. The normalized spacial score (nSPS) is 15.7. The molecule has 9 atom stereocenters. The van der Waals surface area contributed by atoms with Crippen LogP contribution in [-0.2, 0) is 59.3 Å². The van der Waals surface area contributed by atoms with E-state index in [9.17, 15) is 103 Å². The number of carbonyl (C=O) groups is 12. The maximum Gasteiger partial charge on any atom is 0.335 e. The Kier molecular flexibility index (Phi) is 22.9. The van der Waals surface area contributed by atoms with Crippen molar-refractivity contribution in [1.82, 2.24) is 62.0 Å². The van der Waals surface area contributed by atoms with Gasteiger partial charge in [0.1, 0.15) is 47.9 Å². The molecule has 1 aromatic rings. The average Bonchev–Trinajstić information content (AvgIpc) is 3.82. The van der Waals surface area contributed by atoms with Gasteiger partial charge >= 0.3 is 29.6 Å². The SMILES string of the molecule is NC(=O)NCCC[C@H](NC(=O)[C@H](CCO)NC(=O)[C@H](CO)NC(=O)[C@H](CCO)NC(=O)[C@H](CC(=O)O)NC(=O)C1CCn2c(=O)[nH]c3cc4cc(O)c(=O)cc-4n1c32)C(=O)N[C@@H](CO)C(=O)NCC(=O)N[C@H](C(=O)O)C(O)C(=O)O. The second-order valence-electron chi connectivity index (χ2n) is 17.7. The number of imidazole rings is 1. The predicted octanol–water partition coefficient (Wildman–Crippen LogP) is -10.0. The van der Waals surface area contributed by atoms with Crippen molar-refractivity contribution in [1.29, 1.82) is 0 Å². The molecule has 438 valence electrons. The van der Waals surface area contributed by atoms with Crippen LogP contribution >= 0.6 is 0 Å². The zero-order valence-corrected chi connectivity index (χ0v) is 41.8. The number of hydrogen-bond acceptors (Lipinski definition) is 20. The van der Waals surface area contributed by atoms with Gasteiger partial charge in [0.05, 0.1) is 37.4 Å². The Labute approximate surface area is 447 Å². The van der Waals surface area contributed by atoms with E-state index in [-0.39, 0.29) is 54.8 Å². The van der Waals surface area contributed by atoms with E-state index in [4.69, 9.17) is 15.9 Å². The average molecular weight is 1140 g/mol. The lowest BCUT2D eigenvalue weighted by molar-refractivity contribution is -0.157. The summed E-state index contributed by atoms with van der Waals surface area (Å²) in [4.78, 5) is 181. The molecule has 0 bridgehead atoms. The number of aryl methyl sites for hydroxylation is 1. The number of fused-ring (bicyclic) bond motifs is 2. The van der Waals surface area contributed by atoms with Gasteiger partial charge in [0, 0.05) is 37.9 Å². The Morgan fingerprint density at radius 3 is 1.69 bits per heavy atom. The van der Waals surface area contributed by atoms with Crippen LogP contribution in [0.1, 0.15) is 44.6 Å². The Hall–Kier alpha value is -9.26. The van der Waals surface area contributed by atoms with Crippen molar-refractivity contribution < 1.29 is 103 Å². The maximum absolute atomic E-state index is 14.0. The predicted molar refractivity (Wildman–Crippen MR) is 263 cm³/mol. The molecule has 0 fully saturated rings. The molecule has 0 aromatic carbocycles. The number of urea groups is 1. The van der Waals surface area contributed by atoms with Crippen LogP contribution in [0.25, 0.3) is 22.4 Å². The summed E-state index contributed by atoms with van der Waals surface area (Å²) in [6.07, 6.45) is -5.58. The van der Waals surface area contributed by atoms with E-state index in [0.717, 1.165) is 12.1 Å². The number of pyridine rings is 1. The fraction of sp³-hybridized carbons (Fsp3) is 0.500. The number of rotatable bonds is 31. The first-order valence-electron chi connectivity index (χ1n) is 24.0. The van der Waals surface area contributed by atoms with E-state index < -0.39 is 195 Å². The number of aromatic amines is 1. The summed E-state index contributed by atoms with van der Waals surface area (Å²) < 4.78 is 2.58. The quantitative estimate of drug-likeness (QED) is 0.0266. The number of carboxylic acids is 3. The first kappa shape index (κ1) is 63.3. The highest BCUT2D eigenvalue weighted by atomic mass is 16.4. The number of carbonyl (C=O) groups excluding carboxylic acids is 9. The van der Waals surface area contributed by atoms with E-state index in [0.29, 0.717) is 0 Å². The molecule has 0 spiro atoms. The van der Waals surface area contributed by atoms with Crippen LogP contribution in [0.2, 0.25) is 0 Å². The Balaban J connectivity index is 1.46. The van der Waals surface area contributed by atoms with Crippen molar-refractivity contribution in [3.8, 4) is 17.0 Å². The van der Waals surface area contributed by atoms with Crippen molar-refractivity contribution in [2.45, 2.75) is 99.5 Å². The first-order chi connectivity index (χ1) is 37.8. The molecule has 3 aliphatic rings. The number of amides is 10. The molecule has 2 aliphatic heterocycles. The third-order valence-corrected chi connectivity index (χ3v) is 12.0. The summed E-state index contributed by atoms with van der Waals surface area (Å²) in [6, 6.07) is -12.3. The number of benzene rings is 1. The zero-order valence-electron chi connectivity index (χ0n) is 41.8. The lowest BCUT2D eigenvalue weighted by atomic mass is 10.0. The van der Waals surface area contributed by atoms with E-state index in [1.54, 1.807) is 5.32 Å². The van der Waals surface area contributed by atoms with Gasteiger partial charge in [-0.15, -0.1) is 0 Å². The van der Waals surface area contributed by atoms with Gasteiger partial charge in [0.2, 0.25) is 52.7 Å². The molecule has 0 saturated heterocycles. The molecular weight excluding hydrogens is 1080 g/mol. The number of nitrogens with one attached hydrogen (secondary N) is 10. The van der Waals surface area contributed by atoms with Crippen molar-refractivity contribution >= 4 is 82.4 Å². The Morgan fingerprint density at radius 1 is 0.650 bits per heavy atom. The molecule has 21 N–H and O–H groups in total. The van der Waals surface area contributed by atoms with Crippen LogP contribution in [0.15, 0.2) is 27.8 Å². The molecule has 36 nitrogen and oxygen atoms in total. The standard InChI is InChI=1S/C44H59N13O23/c45-43(79)46-6-1-2-18(34(69)52-23(15-60)33(68)47-14-29(64)55-31(41(75)76)32(67)42(77)78)48-35(70)19(4-8-58)50-38(73)24(16-61)53-36(71)20(5-9-59)49-37(72)21(12-30(65)66)51-39(74)25-3-7-56-40-22(54-44(56)80)10-17-11-27(62)28(63)13-26(17)57(25)40/h10-11,13,18-21,23-25,31-32,58-62,67H,1-9,12,14-16H2,(H,47,68)(H,48,70)(H,49,72)(H,50,73)(H,51,74)(H,52,69)(H,53,71)(H,54,80)(H,55,64)(H,65,66)(H,75,76)(H,77,78)(H3,45,46,79)/t18-,19-,20-,21-,23-,24-,25?,31-,32?/m0/s1. The second kappa shape index (κ2) is 28.9. The molecule has 0 saturated carbocycles. The summed E-state index contributed by atoms with van der Waals surface area (Å²) in [5, 5.41) is 106. The number of H-pyrrole nitrogens is 1. The fourth-order valence-corrected chi connectivity index (χ4v) is 8.08. The van der Waals surface area contributed by atoms with Crippen LogP contribution in [0.3, 0.4) is 0 Å². The van der Waals surface area contributed by atoms with Gasteiger partial charge in [-0.2, -0.15) is 0 Å². The summed E-state index contributed by atoms with van der Waals surface area (Å²) in [6.45, 7) is -5.40. The van der Waals surface area contributed by atoms with Crippen LogP contribution in [0.5, 0.6) is 5.75 Å². The number of aliphatic hydroxyl groups is 5.